The summed E-state index contributed by atoms with van der Waals surface area (Å²) >= 11 is 1.81. The molecule has 0 saturated heterocycles. The van der Waals surface area contributed by atoms with Crippen molar-refractivity contribution in [2.45, 2.75) is 70.5 Å². The number of esters is 1. The van der Waals surface area contributed by atoms with E-state index in [1.165, 1.54) is 47.8 Å². The second kappa shape index (κ2) is 12.0. The van der Waals surface area contributed by atoms with Gasteiger partial charge < -0.3 is 14.9 Å². The number of carbonyl (C=O) groups excluding carboxylic acids is 1. The molecule has 0 saturated carbocycles. The Balaban J connectivity index is 2.04. The van der Waals surface area contributed by atoms with E-state index in [1.54, 1.807) is 6.08 Å². The number of hydrogen-bond acceptors (Lipinski definition) is 5. The molecule has 0 amide bonds. The number of benzene rings is 1. The fraction of sp³-hybridized carbons (Fsp3) is 0.522. The van der Waals surface area contributed by atoms with Crippen LogP contribution >= 0.6 is 11.3 Å². The lowest BCUT2D eigenvalue weighted by Gasteiger charge is -2.14. The molecule has 1 aromatic carbocycles. The van der Waals surface area contributed by atoms with Gasteiger partial charge in [0, 0.05) is 16.0 Å². The summed E-state index contributed by atoms with van der Waals surface area (Å²) in [6.07, 6.45) is 8.79. The summed E-state index contributed by atoms with van der Waals surface area (Å²) in [5.74, 6) is -0.297. The Labute approximate surface area is 171 Å². The number of rotatable bonds is 12. The molecule has 4 nitrogen and oxygen atoms in total. The summed E-state index contributed by atoms with van der Waals surface area (Å²) in [5, 5.41) is 21.7. The highest BCUT2D eigenvalue weighted by atomic mass is 32.1. The predicted molar refractivity (Wildman–Crippen MR) is 117 cm³/mol. The van der Waals surface area contributed by atoms with E-state index < -0.39 is 12.2 Å². The Kier molecular flexibility index (Phi) is 9.68. The number of methoxy groups -OCH3 is 1. The molecule has 2 unspecified atom stereocenters. The number of thiophene rings is 1. The molecule has 0 aliphatic heterocycles. The van der Waals surface area contributed by atoms with E-state index in [1.807, 2.05) is 29.5 Å². The lowest BCUT2D eigenvalue weighted by atomic mass is 10.0. The third kappa shape index (κ3) is 6.73. The number of ether oxygens (including phenoxy) is 1. The van der Waals surface area contributed by atoms with Crippen molar-refractivity contribution < 1.29 is 19.7 Å². The number of unbranched alkanes of at least 4 members (excludes halogenated alkanes) is 3. The largest absolute Gasteiger partial charge is 0.469 e. The van der Waals surface area contributed by atoms with E-state index in [4.69, 9.17) is 0 Å². The Morgan fingerprint density at radius 2 is 1.96 bits per heavy atom. The van der Waals surface area contributed by atoms with Gasteiger partial charge in [0.25, 0.3) is 0 Å². The molecule has 2 N–H and O–H groups in total. The van der Waals surface area contributed by atoms with Crippen LogP contribution in [-0.2, 0) is 16.0 Å². The monoisotopic (exact) mass is 404 g/mol. The van der Waals surface area contributed by atoms with Crippen LogP contribution in [0.5, 0.6) is 0 Å². The first kappa shape index (κ1) is 22.6. The maximum atomic E-state index is 11.2. The van der Waals surface area contributed by atoms with Crippen LogP contribution in [-0.4, -0.2) is 35.5 Å². The van der Waals surface area contributed by atoms with Gasteiger partial charge in [-0.15, -0.1) is 11.3 Å². The summed E-state index contributed by atoms with van der Waals surface area (Å²) in [4.78, 5) is 12.5. The average molecular weight is 405 g/mol. The number of carbonyl (C=O) groups is 1. The second-order valence-electron chi connectivity index (χ2n) is 7.13. The Morgan fingerprint density at radius 1 is 1.18 bits per heavy atom. The molecule has 0 fully saturated rings. The van der Waals surface area contributed by atoms with Gasteiger partial charge >= 0.3 is 5.97 Å². The lowest BCUT2D eigenvalue weighted by Crippen LogP contribution is -2.23. The molecule has 0 aliphatic carbocycles. The Hall–Kier alpha value is -1.69. The molecule has 0 spiro atoms. The fourth-order valence-electron chi connectivity index (χ4n) is 3.25. The molecule has 2 rings (SSSR count). The maximum absolute atomic E-state index is 11.2. The molecule has 154 valence electrons. The van der Waals surface area contributed by atoms with Gasteiger partial charge in [-0.05, 0) is 42.7 Å². The minimum Gasteiger partial charge on any atom is -0.469 e. The van der Waals surface area contributed by atoms with E-state index in [9.17, 15) is 15.0 Å². The van der Waals surface area contributed by atoms with Crippen LogP contribution in [0.4, 0.5) is 0 Å². The van der Waals surface area contributed by atoms with Gasteiger partial charge in [0.1, 0.15) is 0 Å². The Morgan fingerprint density at radius 3 is 2.71 bits per heavy atom. The van der Waals surface area contributed by atoms with Crippen molar-refractivity contribution in [2.24, 2.45) is 0 Å². The SMILES string of the molecule is CCCCCCc1sc2ccccc2c1/C=C/C(O)C(O)CCCC(=O)OC. The van der Waals surface area contributed by atoms with Gasteiger partial charge in [-0.25, -0.2) is 0 Å². The van der Waals surface area contributed by atoms with Crippen molar-refractivity contribution in [3.63, 3.8) is 0 Å². The van der Waals surface area contributed by atoms with Gasteiger partial charge in [-0.1, -0.05) is 56.5 Å². The summed E-state index contributed by atoms with van der Waals surface area (Å²) in [5.41, 5.74) is 1.15. The van der Waals surface area contributed by atoms with Crippen LogP contribution in [0.15, 0.2) is 30.3 Å². The smallest absolute Gasteiger partial charge is 0.305 e. The number of aliphatic hydroxyl groups excluding tert-OH is 2. The first-order chi connectivity index (χ1) is 13.6. The zero-order chi connectivity index (χ0) is 20.4. The Bertz CT molecular complexity index is 765. The predicted octanol–water partition coefficient (Wildman–Crippen LogP) is 5.10. The molecule has 2 atom stereocenters. The molecule has 5 heteroatoms. The summed E-state index contributed by atoms with van der Waals surface area (Å²) < 4.78 is 5.85. The second-order valence-corrected chi connectivity index (χ2v) is 8.27. The van der Waals surface area contributed by atoms with E-state index >= 15 is 0 Å². The van der Waals surface area contributed by atoms with Crippen LogP contribution in [0, 0.1) is 0 Å². The molecule has 0 aliphatic rings. The zero-order valence-electron chi connectivity index (χ0n) is 16.9. The molecular formula is C23H32O4S. The first-order valence-electron chi connectivity index (χ1n) is 10.2. The van der Waals surface area contributed by atoms with Crippen molar-refractivity contribution in [2.75, 3.05) is 7.11 Å². The molecule has 1 aromatic heterocycles. The van der Waals surface area contributed by atoms with Gasteiger partial charge in [-0.3, -0.25) is 4.79 Å². The molecule has 1 heterocycles. The normalized spacial score (nSPS) is 13.9. The molecule has 0 radical (unpaired) electrons. The number of aryl methyl sites for hydroxylation is 1. The van der Waals surface area contributed by atoms with Crippen molar-refractivity contribution >= 4 is 33.5 Å². The third-order valence-corrected chi connectivity index (χ3v) is 6.18. The lowest BCUT2D eigenvalue weighted by molar-refractivity contribution is -0.140. The van der Waals surface area contributed by atoms with Crippen molar-refractivity contribution in [1.82, 2.24) is 0 Å². The van der Waals surface area contributed by atoms with Crippen LogP contribution in [0.2, 0.25) is 0 Å². The molecular weight excluding hydrogens is 372 g/mol. The number of fused-ring (bicyclic) bond motifs is 1. The van der Waals surface area contributed by atoms with Gasteiger partial charge in [0.05, 0.1) is 19.3 Å². The van der Waals surface area contributed by atoms with Gasteiger partial charge in [0.2, 0.25) is 0 Å². The van der Waals surface area contributed by atoms with E-state index in [2.05, 4.69) is 23.8 Å². The highest BCUT2D eigenvalue weighted by molar-refractivity contribution is 7.19. The highest BCUT2D eigenvalue weighted by Crippen LogP contribution is 2.33. The van der Waals surface area contributed by atoms with Gasteiger partial charge in [0.15, 0.2) is 0 Å². The summed E-state index contributed by atoms with van der Waals surface area (Å²) in [6.45, 7) is 2.21. The fourth-order valence-corrected chi connectivity index (χ4v) is 4.48. The third-order valence-electron chi connectivity index (χ3n) is 4.93. The van der Waals surface area contributed by atoms with Crippen LogP contribution in [0.1, 0.15) is 62.3 Å². The standard InChI is InChI=1S/C23H32O4S/c1-3-4-5-6-12-22-18(17-10-7-8-13-21(17)28-22)15-16-20(25)19(24)11-9-14-23(26)27-2/h7-8,10,13,15-16,19-20,24-25H,3-6,9,11-12,14H2,1-2H3/b16-15+. The van der Waals surface area contributed by atoms with Crippen LogP contribution < -0.4 is 0 Å². The van der Waals surface area contributed by atoms with Crippen molar-refractivity contribution in [1.29, 1.82) is 0 Å². The topological polar surface area (TPSA) is 66.8 Å². The summed E-state index contributed by atoms with van der Waals surface area (Å²) in [7, 11) is 1.35. The van der Waals surface area contributed by atoms with Crippen molar-refractivity contribution in [3.05, 3.63) is 40.8 Å². The zero-order valence-corrected chi connectivity index (χ0v) is 17.7. The maximum Gasteiger partial charge on any atom is 0.305 e. The van der Waals surface area contributed by atoms with E-state index in [-0.39, 0.29) is 12.4 Å². The quantitative estimate of drug-likeness (QED) is 0.381. The number of hydrogen-bond donors (Lipinski definition) is 2. The summed E-state index contributed by atoms with van der Waals surface area (Å²) in [6, 6.07) is 8.32. The molecule has 28 heavy (non-hydrogen) atoms. The van der Waals surface area contributed by atoms with E-state index in [0.29, 0.717) is 12.8 Å². The average Bonchev–Trinajstić information content (AvgIpc) is 3.06. The van der Waals surface area contributed by atoms with Crippen LogP contribution in [0.3, 0.4) is 0 Å². The number of aliphatic hydroxyl groups is 2. The highest BCUT2D eigenvalue weighted by Gasteiger charge is 2.15. The minimum atomic E-state index is -0.954. The van der Waals surface area contributed by atoms with Crippen LogP contribution in [0.25, 0.3) is 16.2 Å². The first-order valence-corrected chi connectivity index (χ1v) is 11.0. The minimum absolute atomic E-state index is 0.251. The van der Waals surface area contributed by atoms with Gasteiger partial charge in [-0.2, -0.15) is 0 Å². The van der Waals surface area contributed by atoms with Crippen molar-refractivity contribution in [3.8, 4) is 0 Å². The molecule has 0 bridgehead atoms. The molecule has 2 aromatic rings. The van der Waals surface area contributed by atoms with E-state index in [0.717, 1.165) is 12.0 Å².